The highest BCUT2D eigenvalue weighted by Crippen LogP contribution is 2.30. The Kier molecular flexibility index (Phi) is 4.31. The zero-order valence-corrected chi connectivity index (χ0v) is 10.7. The van der Waals surface area contributed by atoms with Crippen LogP contribution >= 0.6 is 0 Å². The Labute approximate surface area is 110 Å². The van der Waals surface area contributed by atoms with Crippen molar-refractivity contribution in [2.45, 2.75) is 12.2 Å². The van der Waals surface area contributed by atoms with Gasteiger partial charge >= 0.3 is 6.18 Å². The molecule has 0 amide bonds. The molecule has 0 bridgehead atoms. The van der Waals surface area contributed by atoms with Crippen LogP contribution in [0.25, 0.3) is 0 Å². The lowest BCUT2D eigenvalue weighted by Gasteiger charge is -2.35. The fourth-order valence-corrected chi connectivity index (χ4v) is 1.82. The number of hydrogen-bond donors (Lipinski definition) is 1. The van der Waals surface area contributed by atoms with Crippen LogP contribution < -0.4 is 10.1 Å². The first-order valence-electron chi connectivity index (χ1n) is 6.18. The summed E-state index contributed by atoms with van der Waals surface area (Å²) >= 11 is 0. The van der Waals surface area contributed by atoms with E-state index in [1.165, 1.54) is 12.1 Å². The standard InChI is InChI=1S/C13H17F3N2O/c1-18(11-8-17-9-11)6-7-19-12-4-2-10(3-5-12)13(14,15)16/h2-5,11,17H,6-9H2,1H3. The van der Waals surface area contributed by atoms with Crippen LogP contribution in [0.3, 0.4) is 0 Å². The molecule has 1 aliphatic heterocycles. The van der Waals surface area contributed by atoms with Gasteiger partial charge in [-0.15, -0.1) is 0 Å². The fourth-order valence-electron chi connectivity index (χ4n) is 1.82. The number of likely N-dealkylation sites (N-methyl/N-ethyl adjacent to an activating group) is 1. The first kappa shape index (κ1) is 14.1. The number of nitrogens with zero attached hydrogens (tertiary/aromatic N) is 1. The highest BCUT2D eigenvalue weighted by molar-refractivity contribution is 5.28. The summed E-state index contributed by atoms with van der Waals surface area (Å²) in [6.07, 6.45) is -4.30. The molecule has 1 aromatic carbocycles. The van der Waals surface area contributed by atoms with Crippen molar-refractivity contribution in [3.8, 4) is 5.75 Å². The van der Waals surface area contributed by atoms with Gasteiger partial charge in [0.25, 0.3) is 0 Å². The van der Waals surface area contributed by atoms with Crippen LogP contribution in [0.2, 0.25) is 0 Å². The van der Waals surface area contributed by atoms with Crippen molar-refractivity contribution in [2.75, 3.05) is 33.3 Å². The Morgan fingerprint density at radius 3 is 2.37 bits per heavy atom. The molecule has 1 N–H and O–H groups in total. The number of rotatable bonds is 5. The SMILES string of the molecule is CN(CCOc1ccc(C(F)(F)F)cc1)C1CNC1. The molecule has 0 atom stereocenters. The Morgan fingerprint density at radius 1 is 1.26 bits per heavy atom. The van der Waals surface area contributed by atoms with E-state index in [0.717, 1.165) is 31.8 Å². The molecule has 1 heterocycles. The molecule has 19 heavy (non-hydrogen) atoms. The summed E-state index contributed by atoms with van der Waals surface area (Å²) in [5, 5.41) is 3.18. The minimum Gasteiger partial charge on any atom is -0.492 e. The fraction of sp³-hybridized carbons (Fsp3) is 0.538. The third-order valence-corrected chi connectivity index (χ3v) is 3.28. The van der Waals surface area contributed by atoms with E-state index < -0.39 is 11.7 Å². The van der Waals surface area contributed by atoms with E-state index in [9.17, 15) is 13.2 Å². The van der Waals surface area contributed by atoms with Gasteiger partial charge < -0.3 is 10.1 Å². The van der Waals surface area contributed by atoms with E-state index in [4.69, 9.17) is 4.74 Å². The van der Waals surface area contributed by atoms with Crippen molar-refractivity contribution in [1.82, 2.24) is 10.2 Å². The predicted octanol–water partition coefficient (Wildman–Crippen LogP) is 1.99. The van der Waals surface area contributed by atoms with Crippen LogP contribution in [0, 0.1) is 0 Å². The van der Waals surface area contributed by atoms with Crippen LogP contribution in [0.5, 0.6) is 5.75 Å². The largest absolute Gasteiger partial charge is 0.492 e. The third kappa shape index (κ3) is 3.84. The van der Waals surface area contributed by atoms with E-state index in [1.54, 1.807) is 0 Å². The maximum atomic E-state index is 12.4. The Bertz CT molecular complexity index is 401. The second kappa shape index (κ2) is 5.79. The van der Waals surface area contributed by atoms with Gasteiger partial charge in [0.2, 0.25) is 0 Å². The van der Waals surface area contributed by atoms with Gasteiger partial charge in [0.1, 0.15) is 12.4 Å². The predicted molar refractivity (Wildman–Crippen MR) is 66.2 cm³/mol. The Balaban J connectivity index is 1.76. The Hall–Kier alpha value is -1.27. The van der Waals surface area contributed by atoms with Gasteiger partial charge in [-0.3, -0.25) is 4.90 Å². The molecular weight excluding hydrogens is 257 g/mol. The van der Waals surface area contributed by atoms with E-state index >= 15 is 0 Å². The zero-order chi connectivity index (χ0) is 13.9. The molecule has 0 radical (unpaired) electrons. The normalized spacial score (nSPS) is 16.5. The second-order valence-electron chi connectivity index (χ2n) is 4.66. The van der Waals surface area contributed by atoms with Crippen molar-refractivity contribution in [1.29, 1.82) is 0 Å². The van der Waals surface area contributed by atoms with Gasteiger partial charge in [0.15, 0.2) is 0 Å². The third-order valence-electron chi connectivity index (χ3n) is 3.28. The van der Waals surface area contributed by atoms with Gasteiger partial charge in [-0.2, -0.15) is 13.2 Å². The molecule has 2 rings (SSSR count). The Morgan fingerprint density at radius 2 is 1.89 bits per heavy atom. The molecule has 0 unspecified atom stereocenters. The summed E-state index contributed by atoms with van der Waals surface area (Å²) in [6, 6.07) is 5.32. The summed E-state index contributed by atoms with van der Waals surface area (Å²) in [4.78, 5) is 2.18. The molecule has 0 aromatic heterocycles. The van der Waals surface area contributed by atoms with Gasteiger partial charge in [-0.25, -0.2) is 0 Å². The first-order valence-corrected chi connectivity index (χ1v) is 6.18. The maximum absolute atomic E-state index is 12.4. The molecule has 1 aromatic rings. The molecule has 1 saturated heterocycles. The highest BCUT2D eigenvalue weighted by Gasteiger charge is 2.30. The smallest absolute Gasteiger partial charge is 0.416 e. The molecule has 0 spiro atoms. The van der Waals surface area contributed by atoms with E-state index in [1.807, 2.05) is 7.05 Å². The summed E-state index contributed by atoms with van der Waals surface area (Å²) in [5.74, 6) is 0.466. The average Bonchev–Trinajstić information content (AvgIpc) is 2.26. The number of ether oxygens (including phenoxy) is 1. The average molecular weight is 274 g/mol. The van der Waals surface area contributed by atoms with Crippen molar-refractivity contribution in [2.24, 2.45) is 0 Å². The molecule has 1 aliphatic rings. The zero-order valence-electron chi connectivity index (χ0n) is 10.7. The van der Waals surface area contributed by atoms with Crippen LogP contribution in [0.15, 0.2) is 24.3 Å². The highest BCUT2D eigenvalue weighted by atomic mass is 19.4. The topological polar surface area (TPSA) is 24.5 Å². The van der Waals surface area contributed by atoms with Crippen molar-refractivity contribution >= 4 is 0 Å². The van der Waals surface area contributed by atoms with Crippen LogP contribution in [0.1, 0.15) is 5.56 Å². The summed E-state index contributed by atoms with van der Waals surface area (Å²) in [5.41, 5.74) is -0.655. The van der Waals surface area contributed by atoms with Gasteiger partial charge in [-0.05, 0) is 31.3 Å². The number of hydrogen-bond acceptors (Lipinski definition) is 3. The van der Waals surface area contributed by atoms with Gasteiger partial charge in [0, 0.05) is 25.7 Å². The number of benzene rings is 1. The van der Waals surface area contributed by atoms with E-state index in [2.05, 4.69) is 10.2 Å². The molecule has 0 aliphatic carbocycles. The number of alkyl halides is 3. The molecule has 6 heteroatoms. The minimum atomic E-state index is -4.30. The van der Waals surface area contributed by atoms with Crippen molar-refractivity contribution in [3.63, 3.8) is 0 Å². The van der Waals surface area contributed by atoms with Gasteiger partial charge in [0.05, 0.1) is 5.56 Å². The lowest BCUT2D eigenvalue weighted by Crippen LogP contribution is -2.56. The molecule has 106 valence electrons. The van der Waals surface area contributed by atoms with E-state index in [0.29, 0.717) is 18.4 Å². The summed E-state index contributed by atoms with van der Waals surface area (Å²) in [6.45, 7) is 3.19. The molecule has 1 fully saturated rings. The van der Waals surface area contributed by atoms with Crippen LogP contribution in [-0.4, -0.2) is 44.2 Å². The maximum Gasteiger partial charge on any atom is 0.416 e. The first-order chi connectivity index (χ1) is 8.97. The number of nitrogens with one attached hydrogen (secondary N) is 1. The summed E-state index contributed by atoms with van der Waals surface area (Å²) < 4.78 is 42.5. The lowest BCUT2D eigenvalue weighted by molar-refractivity contribution is -0.137. The second-order valence-corrected chi connectivity index (χ2v) is 4.66. The molecule has 0 saturated carbocycles. The van der Waals surface area contributed by atoms with Crippen molar-refractivity contribution < 1.29 is 17.9 Å². The van der Waals surface area contributed by atoms with Crippen LogP contribution in [-0.2, 0) is 6.18 Å². The lowest BCUT2D eigenvalue weighted by atomic mass is 10.1. The minimum absolute atomic E-state index is 0.466. The number of halogens is 3. The van der Waals surface area contributed by atoms with Gasteiger partial charge in [-0.1, -0.05) is 0 Å². The quantitative estimate of drug-likeness (QED) is 0.888. The molecule has 3 nitrogen and oxygen atoms in total. The summed E-state index contributed by atoms with van der Waals surface area (Å²) in [7, 11) is 2.02. The monoisotopic (exact) mass is 274 g/mol. The van der Waals surface area contributed by atoms with Crippen molar-refractivity contribution in [3.05, 3.63) is 29.8 Å². The van der Waals surface area contributed by atoms with E-state index in [-0.39, 0.29) is 0 Å². The molecular formula is C13H17F3N2O. The van der Waals surface area contributed by atoms with Crippen LogP contribution in [0.4, 0.5) is 13.2 Å².